The van der Waals surface area contributed by atoms with E-state index in [0.29, 0.717) is 24.8 Å². The third-order valence-corrected chi connectivity index (χ3v) is 16.6. The van der Waals surface area contributed by atoms with Crippen LogP contribution in [-0.4, -0.2) is 104 Å². The van der Waals surface area contributed by atoms with Crippen LogP contribution in [0.5, 0.6) is 17.2 Å². The Kier molecular flexibility index (Phi) is 38.9. The number of nitrogens with zero attached hydrogens (tertiary/aromatic N) is 5. The number of allylic oxidation sites excluding steroid dienone is 4. The molecule has 8 rings (SSSR count). The second-order valence-corrected chi connectivity index (χ2v) is 24.9. The first kappa shape index (κ1) is 93.3. The van der Waals surface area contributed by atoms with Crippen molar-refractivity contribution in [3.63, 3.8) is 0 Å². The van der Waals surface area contributed by atoms with Crippen LogP contribution in [0.4, 0.5) is 73.6 Å². The van der Waals surface area contributed by atoms with Crippen molar-refractivity contribution in [2.75, 3.05) is 38.5 Å². The zero-order valence-corrected chi connectivity index (χ0v) is 55.7. The van der Waals surface area contributed by atoms with E-state index in [9.17, 15) is 120 Å². The highest BCUT2D eigenvalue weighted by molar-refractivity contribution is 8.00. The number of phenolic OH excluding ortho intramolecular Hbond substituents is 1. The zero-order chi connectivity index (χ0) is 77.4. The highest BCUT2D eigenvalue weighted by Gasteiger charge is 2.57. The van der Waals surface area contributed by atoms with Crippen molar-refractivity contribution in [1.82, 2.24) is 10.6 Å². The molecule has 40 heteroatoms. The Bertz CT molecular complexity index is 4280. The molecule has 0 spiro atoms. The molecule has 5 N–H and O–H groups in total. The number of nitrogens with two attached hydrogens (primary N) is 1. The number of nitro groups is 5. The topological polar surface area (TPSA) is 416 Å². The van der Waals surface area contributed by atoms with Gasteiger partial charge >= 0.3 is 63.9 Å². The molecule has 2 heterocycles. The number of ether oxygens (including phenoxy) is 1. The first-order valence-corrected chi connectivity index (χ1v) is 33.1. The summed E-state index contributed by atoms with van der Waals surface area (Å²) in [7, 11) is -19.7. The molecule has 6 aromatic carbocycles. The number of nitrogen functional groups attached to an aromatic ring is 1. The fraction of sp³-hybridized carbons (Fsp3) is 0.281. The molecule has 0 amide bonds. The van der Waals surface area contributed by atoms with Crippen molar-refractivity contribution in [1.29, 1.82) is 0 Å². The van der Waals surface area contributed by atoms with Crippen LogP contribution in [-0.2, 0) is 85.4 Å². The molecule has 2 aliphatic rings. The van der Waals surface area contributed by atoms with Gasteiger partial charge in [-0.2, -0.15) is 64.8 Å². The number of rotatable bonds is 20. The lowest BCUT2D eigenvalue weighted by atomic mass is 10.00. The Labute approximate surface area is 591 Å². The number of halogens is 9. The second-order valence-electron chi connectivity index (χ2n) is 20.0. The molecule has 570 valence electrons. The highest BCUT2D eigenvalue weighted by Crippen LogP contribution is 2.37. The summed E-state index contributed by atoms with van der Waals surface area (Å²) >= 11 is 0. The summed E-state index contributed by atoms with van der Waals surface area (Å²) in [6.07, 6.45) is 13.1. The molecule has 0 aliphatic carbocycles. The minimum atomic E-state index is -6.85. The molecule has 0 saturated carbocycles. The maximum atomic E-state index is 12.3. The van der Waals surface area contributed by atoms with E-state index in [0.717, 1.165) is 85.9 Å². The summed E-state index contributed by atoms with van der Waals surface area (Å²) in [5.41, 5.74) is -5.21. The SMILES string of the molecule is C.C.C=CCOc1ccccc1[N+](=O)[O-].C=CCc1cccc([N+](=O)[O-])c1CC=C.C=CCc1cccc([N+](=O)[O-])c1O.C=CCc1cccc([N+](=O)[O-])c1OS(=O)(=O)C(F)(F)F.Nc1cccc2c1CCNCC2.O=S(=O)(OS(=O)(=O)C(F)(F)F)C(F)(F)F.O=[N+]([O-])c1cccc2c1CCNCC2. The fourth-order valence-electron chi connectivity index (χ4n) is 8.55. The summed E-state index contributed by atoms with van der Waals surface area (Å²) in [4.78, 5) is 50.4. The molecular weight excluding hydrogens is 1470 g/mol. The van der Waals surface area contributed by atoms with Crippen molar-refractivity contribution < 1.29 is 107 Å². The van der Waals surface area contributed by atoms with Crippen LogP contribution in [0, 0.1) is 50.6 Å². The van der Waals surface area contributed by atoms with Gasteiger partial charge in [-0.05, 0) is 112 Å². The lowest BCUT2D eigenvalue weighted by Gasteiger charge is -2.12. The van der Waals surface area contributed by atoms with Crippen molar-refractivity contribution >= 4 is 64.5 Å². The minimum absolute atomic E-state index is 0. The lowest BCUT2D eigenvalue weighted by Crippen LogP contribution is -2.34. The Morgan fingerprint density at radius 1 is 0.452 bits per heavy atom. The summed E-state index contributed by atoms with van der Waals surface area (Å²) in [5, 5.41) is 69.2. The van der Waals surface area contributed by atoms with Crippen LogP contribution in [0.15, 0.2) is 179 Å². The third kappa shape index (κ3) is 29.0. The number of fused-ring (bicyclic) bond motifs is 2. The monoisotopic (exact) mass is 1540 g/mol. The van der Waals surface area contributed by atoms with Crippen LogP contribution in [0.1, 0.15) is 59.4 Å². The van der Waals surface area contributed by atoms with Crippen molar-refractivity contribution in [2.24, 2.45) is 0 Å². The molecule has 0 bridgehead atoms. The minimum Gasteiger partial charge on any atom is -0.502 e. The summed E-state index contributed by atoms with van der Waals surface area (Å²) in [6, 6.07) is 30.6. The van der Waals surface area contributed by atoms with Crippen LogP contribution < -0.4 is 25.3 Å². The number of phenols is 1. The van der Waals surface area contributed by atoms with E-state index in [1.807, 2.05) is 27.9 Å². The van der Waals surface area contributed by atoms with E-state index in [1.165, 1.54) is 59.7 Å². The number of alkyl halides is 9. The van der Waals surface area contributed by atoms with Crippen molar-refractivity contribution in [3.8, 4) is 17.2 Å². The maximum Gasteiger partial charge on any atom is 0.534 e. The number of benzene rings is 6. The van der Waals surface area contributed by atoms with Crippen LogP contribution >= 0.6 is 0 Å². The van der Waals surface area contributed by atoms with Crippen LogP contribution in [0.25, 0.3) is 0 Å². The summed E-state index contributed by atoms with van der Waals surface area (Å²) in [6.45, 7) is 21.7. The van der Waals surface area contributed by atoms with E-state index >= 15 is 0 Å². The number of para-hydroxylation sites is 4. The first-order valence-electron chi connectivity index (χ1n) is 28.8. The largest absolute Gasteiger partial charge is 0.534 e. The van der Waals surface area contributed by atoms with E-state index < -0.39 is 73.1 Å². The maximum absolute atomic E-state index is 12.3. The quantitative estimate of drug-likeness (QED) is 0.0105. The van der Waals surface area contributed by atoms with Gasteiger partial charge in [-0.15, -0.1) is 29.9 Å². The average Bonchev–Trinajstić information content (AvgIpc) is 0.914. The molecule has 6 aromatic rings. The van der Waals surface area contributed by atoms with Gasteiger partial charge in [0.1, 0.15) is 6.61 Å². The third-order valence-electron chi connectivity index (χ3n) is 13.1. The number of anilines is 1. The molecular formula is C64H73F9N8O20S3. The summed E-state index contributed by atoms with van der Waals surface area (Å²) < 4.78 is 178. The van der Waals surface area contributed by atoms with Gasteiger partial charge in [-0.1, -0.05) is 125 Å². The van der Waals surface area contributed by atoms with Crippen LogP contribution in [0.2, 0.25) is 0 Å². The predicted molar refractivity (Wildman–Crippen MR) is 370 cm³/mol. The van der Waals surface area contributed by atoms with Gasteiger partial charge in [-0.25, -0.2) is 0 Å². The normalized spacial score (nSPS) is 12.3. The molecule has 0 saturated heterocycles. The van der Waals surface area contributed by atoms with Gasteiger partial charge in [0, 0.05) is 58.3 Å². The van der Waals surface area contributed by atoms with Gasteiger partial charge in [0.2, 0.25) is 5.75 Å². The van der Waals surface area contributed by atoms with Gasteiger partial charge in [0.05, 0.1) is 24.6 Å². The second kappa shape index (κ2) is 43.3. The molecule has 0 atom stereocenters. The predicted octanol–water partition coefficient (Wildman–Crippen LogP) is 14.0. The number of hydrogen-bond acceptors (Lipinski definition) is 23. The van der Waals surface area contributed by atoms with E-state index in [2.05, 4.69) is 53.8 Å². The number of aromatic hydroxyl groups is 1. The molecule has 0 unspecified atom stereocenters. The zero-order valence-electron chi connectivity index (χ0n) is 53.2. The Balaban J connectivity index is 0.00000119. The lowest BCUT2D eigenvalue weighted by molar-refractivity contribution is -0.386. The number of hydrogen-bond donors (Lipinski definition) is 4. The smallest absolute Gasteiger partial charge is 0.502 e. The Morgan fingerprint density at radius 3 is 1.30 bits per heavy atom. The Morgan fingerprint density at radius 2 is 0.827 bits per heavy atom. The highest BCUT2D eigenvalue weighted by atomic mass is 32.3. The molecule has 104 heavy (non-hydrogen) atoms. The fourth-order valence-corrected chi connectivity index (χ4v) is 10.6. The molecule has 0 fully saturated rings. The van der Waals surface area contributed by atoms with Crippen molar-refractivity contribution in [2.45, 2.75) is 82.7 Å². The van der Waals surface area contributed by atoms with Gasteiger partial charge in [-0.3, -0.25) is 50.6 Å². The van der Waals surface area contributed by atoms with Crippen LogP contribution in [0.3, 0.4) is 0 Å². The Hall–Kier alpha value is -10.7. The number of nitrogens with one attached hydrogen (secondary N) is 2. The van der Waals surface area contributed by atoms with Gasteiger partial charge in [0.25, 0.3) is 11.4 Å². The van der Waals surface area contributed by atoms with E-state index in [4.69, 9.17) is 10.5 Å². The van der Waals surface area contributed by atoms with Gasteiger partial charge in [0.15, 0.2) is 11.5 Å². The average molecular weight is 1540 g/mol. The number of nitro benzene ring substituents is 5. The van der Waals surface area contributed by atoms with Gasteiger partial charge < -0.3 is 30.4 Å². The first-order chi connectivity index (χ1) is 47.6. The molecule has 2 aliphatic heterocycles. The molecule has 0 aromatic heterocycles. The van der Waals surface area contributed by atoms with E-state index in [-0.39, 0.29) is 77.5 Å². The van der Waals surface area contributed by atoms with E-state index in [1.54, 1.807) is 60.7 Å². The standard InChI is InChI=1S/C12H13NO2.C10H8F3NO5S.C10H12N2O2.C10H14N2.2C9H9NO3.C2F6O5S2.2CH4/c1-3-6-10-8-5-9-12(13(14)15)11(10)7-4-2;1-2-4-7-5-3-6-8(14(15)16)9(7)19-20(17,18)10(11,12)13;13-12(14)10-3-1-2-8-4-6-11-7-5-9(8)10;11-10-3-1-2-8-4-6-12-7-5-9(8)10;1-2-7-13-9-6-4-3-5-8(9)10(11)12;1-2-4-7-5-3-6-8(9(7)11)10(12)13;3-1(4,5)14(9,10)13-15(11,12)2(6,7)8;;/h3-5,8-9H,1-2,6-7H2;2-3,5-6H,1,4H2;1-3,11H,4-7H2;1-3,12H,4-7,11H2;2-6H,1,7H2;2-3,5-6,11H,1,4H2;;2*1H4. The van der Waals surface area contributed by atoms with Crippen molar-refractivity contribution in [3.05, 3.63) is 274 Å². The molecule has 28 nitrogen and oxygen atoms in total. The molecule has 0 radical (unpaired) electrons. The summed E-state index contributed by atoms with van der Waals surface area (Å²) in [5.74, 6) is -0.963.